The number of nitrogens with one attached hydrogen (secondary N) is 2. The number of benzene rings is 2. The van der Waals surface area contributed by atoms with Gasteiger partial charge in [-0.2, -0.15) is 0 Å². The van der Waals surface area contributed by atoms with Crippen LogP contribution in [0.4, 0.5) is 0 Å². The zero-order valence-electron chi connectivity index (χ0n) is 11.4. The van der Waals surface area contributed by atoms with Crippen LogP contribution in [0.1, 0.15) is 24.1 Å². The highest BCUT2D eigenvalue weighted by atomic mass is 79.9. The van der Waals surface area contributed by atoms with E-state index in [1.807, 2.05) is 12.3 Å². The third-order valence-electron chi connectivity index (χ3n) is 3.64. The summed E-state index contributed by atoms with van der Waals surface area (Å²) in [5, 5.41) is 4.85. The molecule has 0 fully saturated rings. The van der Waals surface area contributed by atoms with Gasteiger partial charge in [-0.3, -0.25) is 0 Å². The summed E-state index contributed by atoms with van der Waals surface area (Å²) in [6, 6.07) is 17.2. The average molecular weight is 329 g/mol. The fourth-order valence-corrected chi connectivity index (χ4v) is 3.12. The molecule has 0 amide bonds. The number of para-hydroxylation sites is 1. The lowest BCUT2D eigenvalue weighted by atomic mass is 10.1. The molecule has 0 bridgehead atoms. The summed E-state index contributed by atoms with van der Waals surface area (Å²) in [5.74, 6) is 0. The number of aromatic nitrogens is 1. The van der Waals surface area contributed by atoms with Crippen LogP contribution in [0, 0.1) is 0 Å². The lowest BCUT2D eigenvalue weighted by Crippen LogP contribution is -2.18. The Kier molecular flexibility index (Phi) is 3.90. The first-order valence-corrected chi connectivity index (χ1v) is 7.58. The Balaban J connectivity index is 1.76. The first kappa shape index (κ1) is 13.4. The highest BCUT2D eigenvalue weighted by molar-refractivity contribution is 9.10. The third-order valence-corrected chi connectivity index (χ3v) is 4.37. The van der Waals surface area contributed by atoms with E-state index in [0.29, 0.717) is 6.04 Å². The van der Waals surface area contributed by atoms with E-state index < -0.39 is 0 Å². The molecule has 102 valence electrons. The van der Waals surface area contributed by atoms with Crippen molar-refractivity contribution in [1.82, 2.24) is 10.3 Å². The molecule has 0 aliphatic heterocycles. The van der Waals surface area contributed by atoms with Crippen molar-refractivity contribution in [1.29, 1.82) is 0 Å². The quantitative estimate of drug-likeness (QED) is 0.708. The van der Waals surface area contributed by atoms with Crippen LogP contribution < -0.4 is 5.32 Å². The Hall–Kier alpha value is -1.58. The number of H-pyrrole nitrogens is 1. The monoisotopic (exact) mass is 328 g/mol. The molecule has 0 unspecified atom stereocenters. The molecular formula is C17H17BrN2. The van der Waals surface area contributed by atoms with E-state index in [2.05, 4.69) is 75.6 Å². The maximum absolute atomic E-state index is 3.61. The lowest BCUT2D eigenvalue weighted by Gasteiger charge is -2.16. The van der Waals surface area contributed by atoms with Crippen molar-refractivity contribution in [2.75, 3.05) is 0 Å². The first-order chi connectivity index (χ1) is 9.75. The molecule has 2 nitrogen and oxygen atoms in total. The zero-order valence-corrected chi connectivity index (χ0v) is 12.9. The molecule has 0 aliphatic carbocycles. The minimum Gasteiger partial charge on any atom is -0.361 e. The van der Waals surface area contributed by atoms with Gasteiger partial charge >= 0.3 is 0 Å². The summed E-state index contributed by atoms with van der Waals surface area (Å²) in [6.07, 6.45) is 1.99. The smallest absolute Gasteiger partial charge is 0.0499 e. The van der Waals surface area contributed by atoms with Crippen LogP contribution in [0.5, 0.6) is 0 Å². The predicted octanol–water partition coefficient (Wildman–Crippen LogP) is 4.78. The van der Waals surface area contributed by atoms with Crippen molar-refractivity contribution >= 4 is 26.8 Å². The molecule has 3 aromatic rings. The molecule has 0 saturated heterocycles. The Morgan fingerprint density at radius 3 is 2.80 bits per heavy atom. The van der Waals surface area contributed by atoms with Crippen LogP contribution in [0.25, 0.3) is 10.9 Å². The van der Waals surface area contributed by atoms with Crippen LogP contribution in [0.2, 0.25) is 0 Å². The zero-order chi connectivity index (χ0) is 13.9. The van der Waals surface area contributed by atoms with Crippen molar-refractivity contribution in [3.8, 4) is 0 Å². The summed E-state index contributed by atoms with van der Waals surface area (Å²) in [4.78, 5) is 3.31. The number of rotatable bonds is 4. The summed E-state index contributed by atoms with van der Waals surface area (Å²) < 4.78 is 1.15. The first-order valence-electron chi connectivity index (χ1n) is 6.78. The van der Waals surface area contributed by atoms with E-state index in [4.69, 9.17) is 0 Å². The maximum atomic E-state index is 3.61. The molecule has 0 spiro atoms. The Bertz CT molecular complexity index is 718. The van der Waals surface area contributed by atoms with E-state index >= 15 is 0 Å². The normalized spacial score (nSPS) is 12.7. The third kappa shape index (κ3) is 2.65. The van der Waals surface area contributed by atoms with Crippen molar-refractivity contribution in [3.05, 3.63) is 70.3 Å². The summed E-state index contributed by atoms with van der Waals surface area (Å²) in [7, 11) is 0. The number of halogens is 1. The van der Waals surface area contributed by atoms with Gasteiger partial charge in [0, 0.05) is 28.8 Å². The van der Waals surface area contributed by atoms with Crippen LogP contribution >= 0.6 is 15.9 Å². The summed E-state index contributed by atoms with van der Waals surface area (Å²) in [6.45, 7) is 3.04. The van der Waals surface area contributed by atoms with E-state index in [1.165, 1.54) is 22.0 Å². The van der Waals surface area contributed by atoms with Crippen molar-refractivity contribution < 1.29 is 0 Å². The minimum absolute atomic E-state index is 0.302. The van der Waals surface area contributed by atoms with Crippen LogP contribution in [-0.2, 0) is 6.54 Å². The molecule has 0 saturated carbocycles. The van der Waals surface area contributed by atoms with Gasteiger partial charge in [0.15, 0.2) is 0 Å². The standard InChI is InChI=1S/C17H17BrN2/c1-12(15-7-2-3-8-16(15)18)20-11-14-6-4-5-13-9-10-19-17(13)14/h2-10,12,19-20H,11H2,1H3/t12-/m0/s1. The van der Waals surface area contributed by atoms with Gasteiger partial charge < -0.3 is 10.3 Å². The minimum atomic E-state index is 0.302. The highest BCUT2D eigenvalue weighted by Crippen LogP contribution is 2.24. The van der Waals surface area contributed by atoms with E-state index in [1.54, 1.807) is 0 Å². The number of aromatic amines is 1. The van der Waals surface area contributed by atoms with Gasteiger partial charge in [0.25, 0.3) is 0 Å². The summed E-state index contributed by atoms with van der Waals surface area (Å²) in [5.41, 5.74) is 3.80. The van der Waals surface area contributed by atoms with Gasteiger partial charge in [0.1, 0.15) is 0 Å². The van der Waals surface area contributed by atoms with E-state index in [-0.39, 0.29) is 0 Å². The van der Waals surface area contributed by atoms with E-state index in [9.17, 15) is 0 Å². The summed E-state index contributed by atoms with van der Waals surface area (Å²) >= 11 is 3.61. The van der Waals surface area contributed by atoms with Gasteiger partial charge in [0.05, 0.1) is 0 Å². The number of fused-ring (bicyclic) bond motifs is 1. The predicted molar refractivity (Wildman–Crippen MR) is 87.7 cm³/mol. The largest absolute Gasteiger partial charge is 0.361 e. The molecule has 3 rings (SSSR count). The van der Waals surface area contributed by atoms with Crippen LogP contribution in [0.3, 0.4) is 0 Å². The lowest BCUT2D eigenvalue weighted by molar-refractivity contribution is 0.574. The van der Waals surface area contributed by atoms with E-state index in [0.717, 1.165) is 11.0 Å². The Labute approximate surface area is 127 Å². The molecule has 2 N–H and O–H groups in total. The van der Waals surface area contributed by atoms with Gasteiger partial charge in [0.2, 0.25) is 0 Å². The second-order valence-corrected chi connectivity index (χ2v) is 5.84. The van der Waals surface area contributed by atoms with Crippen LogP contribution in [0.15, 0.2) is 59.2 Å². The molecule has 20 heavy (non-hydrogen) atoms. The second-order valence-electron chi connectivity index (χ2n) is 4.98. The van der Waals surface area contributed by atoms with Crippen molar-refractivity contribution in [2.45, 2.75) is 19.5 Å². The molecular weight excluding hydrogens is 312 g/mol. The Morgan fingerprint density at radius 1 is 1.10 bits per heavy atom. The van der Waals surface area contributed by atoms with Gasteiger partial charge in [-0.25, -0.2) is 0 Å². The number of hydrogen-bond donors (Lipinski definition) is 2. The van der Waals surface area contributed by atoms with Gasteiger partial charge in [-0.1, -0.05) is 52.3 Å². The average Bonchev–Trinajstić information content (AvgIpc) is 2.94. The molecule has 1 aromatic heterocycles. The molecule has 1 atom stereocenters. The fourth-order valence-electron chi connectivity index (χ4n) is 2.50. The Morgan fingerprint density at radius 2 is 1.95 bits per heavy atom. The highest BCUT2D eigenvalue weighted by Gasteiger charge is 2.09. The molecule has 2 aromatic carbocycles. The van der Waals surface area contributed by atoms with Gasteiger partial charge in [-0.15, -0.1) is 0 Å². The topological polar surface area (TPSA) is 27.8 Å². The number of hydrogen-bond acceptors (Lipinski definition) is 1. The molecule has 1 heterocycles. The van der Waals surface area contributed by atoms with Crippen LogP contribution in [-0.4, -0.2) is 4.98 Å². The van der Waals surface area contributed by atoms with Gasteiger partial charge in [-0.05, 0) is 35.6 Å². The van der Waals surface area contributed by atoms with Crippen molar-refractivity contribution in [3.63, 3.8) is 0 Å². The SMILES string of the molecule is C[C@H](NCc1cccc2cc[nH]c12)c1ccccc1Br. The molecule has 0 radical (unpaired) electrons. The maximum Gasteiger partial charge on any atom is 0.0499 e. The second kappa shape index (κ2) is 5.81. The fraction of sp³-hybridized carbons (Fsp3) is 0.176. The molecule has 0 aliphatic rings. The van der Waals surface area contributed by atoms with Crippen molar-refractivity contribution in [2.24, 2.45) is 0 Å². The molecule has 3 heteroatoms.